The molecule has 0 saturated carbocycles. The molecule has 1 aliphatic heterocycles. The number of aryl methyl sites for hydroxylation is 1. The fourth-order valence-electron chi connectivity index (χ4n) is 3.05. The van der Waals surface area contributed by atoms with Gasteiger partial charge in [-0.05, 0) is 25.3 Å². The Morgan fingerprint density at radius 3 is 2.80 bits per heavy atom. The standard InChI is InChI=1S/C17H22N4O4/c1-11-3-2-4-12(9-11)14(10-22)18-15-19-16(23)21(17(24)20-15)13-5-7-25-8-6-13/h2-4,9,13-14,22H,5-8,10H2,1H3,(H2,18,19,20,23,24)/t14-/m0/s1. The van der Waals surface area contributed by atoms with Gasteiger partial charge in [0.15, 0.2) is 0 Å². The minimum Gasteiger partial charge on any atom is -0.394 e. The first-order valence-electron chi connectivity index (χ1n) is 8.33. The van der Waals surface area contributed by atoms with Crippen molar-refractivity contribution in [2.75, 3.05) is 25.1 Å². The Bertz CT molecular complexity index is 808. The predicted molar refractivity (Wildman–Crippen MR) is 92.8 cm³/mol. The van der Waals surface area contributed by atoms with Gasteiger partial charge in [0.25, 0.3) is 0 Å². The second-order valence-electron chi connectivity index (χ2n) is 6.18. The van der Waals surface area contributed by atoms with E-state index in [0.717, 1.165) is 15.7 Å². The topological polar surface area (TPSA) is 109 Å². The van der Waals surface area contributed by atoms with E-state index in [9.17, 15) is 14.7 Å². The van der Waals surface area contributed by atoms with Crippen LogP contribution in [0.4, 0.5) is 5.95 Å². The largest absolute Gasteiger partial charge is 0.394 e. The number of hydrogen-bond donors (Lipinski definition) is 3. The van der Waals surface area contributed by atoms with Crippen molar-refractivity contribution in [2.24, 2.45) is 0 Å². The second kappa shape index (κ2) is 7.62. The fraction of sp³-hybridized carbons (Fsp3) is 0.471. The summed E-state index contributed by atoms with van der Waals surface area (Å²) in [6.07, 6.45) is 1.22. The lowest BCUT2D eigenvalue weighted by Crippen LogP contribution is -2.42. The monoisotopic (exact) mass is 346 g/mol. The minimum atomic E-state index is -0.598. The molecule has 25 heavy (non-hydrogen) atoms. The van der Waals surface area contributed by atoms with Gasteiger partial charge in [0.2, 0.25) is 5.95 Å². The number of nitrogens with one attached hydrogen (secondary N) is 2. The highest BCUT2D eigenvalue weighted by molar-refractivity contribution is 5.33. The van der Waals surface area contributed by atoms with Gasteiger partial charge in [-0.3, -0.25) is 4.98 Å². The third kappa shape index (κ3) is 3.97. The average Bonchev–Trinajstić information content (AvgIpc) is 2.60. The van der Waals surface area contributed by atoms with E-state index in [1.807, 2.05) is 31.2 Å². The number of anilines is 1. The molecule has 2 aromatic rings. The lowest BCUT2D eigenvalue weighted by molar-refractivity contribution is 0.0670. The quantitative estimate of drug-likeness (QED) is 0.737. The van der Waals surface area contributed by atoms with E-state index in [0.29, 0.717) is 26.1 Å². The smallest absolute Gasteiger partial charge is 0.355 e. The van der Waals surface area contributed by atoms with Gasteiger partial charge in [-0.15, -0.1) is 0 Å². The van der Waals surface area contributed by atoms with E-state index in [1.165, 1.54) is 0 Å². The summed E-state index contributed by atoms with van der Waals surface area (Å²) < 4.78 is 6.41. The van der Waals surface area contributed by atoms with Gasteiger partial charge in [-0.25, -0.2) is 14.2 Å². The molecule has 0 aliphatic carbocycles. The second-order valence-corrected chi connectivity index (χ2v) is 6.18. The third-order valence-corrected chi connectivity index (χ3v) is 4.35. The fourth-order valence-corrected chi connectivity index (χ4v) is 3.05. The van der Waals surface area contributed by atoms with Crippen molar-refractivity contribution in [3.8, 4) is 0 Å². The Balaban J connectivity index is 1.85. The Labute approximate surface area is 144 Å². The first-order chi connectivity index (χ1) is 12.1. The number of rotatable bonds is 5. The molecule has 0 bridgehead atoms. The summed E-state index contributed by atoms with van der Waals surface area (Å²) in [6, 6.07) is 6.96. The van der Waals surface area contributed by atoms with Crippen molar-refractivity contribution in [2.45, 2.75) is 31.8 Å². The Kier molecular flexibility index (Phi) is 5.30. The van der Waals surface area contributed by atoms with Crippen molar-refractivity contribution in [1.29, 1.82) is 0 Å². The Morgan fingerprint density at radius 2 is 2.16 bits per heavy atom. The molecule has 1 aromatic carbocycles. The molecule has 8 heteroatoms. The third-order valence-electron chi connectivity index (χ3n) is 4.35. The maximum atomic E-state index is 12.3. The van der Waals surface area contributed by atoms with Crippen LogP contribution in [0.5, 0.6) is 0 Å². The maximum absolute atomic E-state index is 12.3. The van der Waals surface area contributed by atoms with Crippen LogP contribution < -0.4 is 16.7 Å². The molecule has 1 atom stereocenters. The minimum absolute atomic E-state index is 0.0545. The number of aliphatic hydroxyl groups is 1. The number of aromatic amines is 1. The van der Waals surface area contributed by atoms with Gasteiger partial charge in [-0.2, -0.15) is 4.98 Å². The highest BCUT2D eigenvalue weighted by atomic mass is 16.5. The average molecular weight is 346 g/mol. The molecule has 0 spiro atoms. The van der Waals surface area contributed by atoms with Crippen LogP contribution in [0, 0.1) is 6.92 Å². The highest BCUT2D eigenvalue weighted by Crippen LogP contribution is 2.19. The van der Waals surface area contributed by atoms with Crippen LogP contribution >= 0.6 is 0 Å². The SMILES string of the molecule is Cc1cccc([C@H](CO)Nc2nc(=O)n(C3CCOCC3)c(=O)[nH]2)c1. The van der Waals surface area contributed by atoms with E-state index in [2.05, 4.69) is 15.3 Å². The summed E-state index contributed by atoms with van der Waals surface area (Å²) in [7, 11) is 0. The van der Waals surface area contributed by atoms with Gasteiger partial charge in [-0.1, -0.05) is 29.8 Å². The van der Waals surface area contributed by atoms with Crippen LogP contribution in [0.25, 0.3) is 0 Å². The summed E-state index contributed by atoms with van der Waals surface area (Å²) in [5.74, 6) is 0.0545. The van der Waals surface area contributed by atoms with Crippen LogP contribution in [-0.4, -0.2) is 39.5 Å². The lowest BCUT2D eigenvalue weighted by atomic mass is 10.1. The van der Waals surface area contributed by atoms with Gasteiger partial charge in [0.05, 0.1) is 12.6 Å². The van der Waals surface area contributed by atoms with E-state index in [1.54, 1.807) is 0 Å². The van der Waals surface area contributed by atoms with E-state index < -0.39 is 17.4 Å². The molecular formula is C17H22N4O4. The van der Waals surface area contributed by atoms with Gasteiger partial charge >= 0.3 is 11.4 Å². The molecule has 2 heterocycles. The summed E-state index contributed by atoms with van der Waals surface area (Å²) in [5, 5.41) is 12.6. The van der Waals surface area contributed by atoms with Crippen LogP contribution in [-0.2, 0) is 4.74 Å². The summed E-state index contributed by atoms with van der Waals surface area (Å²) in [6.45, 7) is 2.80. The zero-order chi connectivity index (χ0) is 17.8. The summed E-state index contributed by atoms with van der Waals surface area (Å²) in [5.41, 5.74) is 0.794. The van der Waals surface area contributed by atoms with Gasteiger partial charge in [0, 0.05) is 19.3 Å². The molecule has 1 aliphatic rings. The number of ether oxygens (including phenoxy) is 1. The van der Waals surface area contributed by atoms with Crippen molar-refractivity contribution >= 4 is 5.95 Å². The van der Waals surface area contributed by atoms with Crippen molar-refractivity contribution in [1.82, 2.24) is 14.5 Å². The van der Waals surface area contributed by atoms with Gasteiger partial charge < -0.3 is 15.2 Å². The molecule has 1 aromatic heterocycles. The zero-order valence-corrected chi connectivity index (χ0v) is 14.1. The van der Waals surface area contributed by atoms with E-state index in [4.69, 9.17) is 4.74 Å². The summed E-state index contributed by atoms with van der Waals surface area (Å²) in [4.78, 5) is 31.2. The lowest BCUT2D eigenvalue weighted by Gasteiger charge is -2.23. The first-order valence-corrected chi connectivity index (χ1v) is 8.33. The normalized spacial score (nSPS) is 16.6. The van der Waals surface area contributed by atoms with Crippen LogP contribution in [0.1, 0.15) is 36.1 Å². The zero-order valence-electron chi connectivity index (χ0n) is 14.1. The molecule has 1 saturated heterocycles. The van der Waals surface area contributed by atoms with E-state index in [-0.39, 0.29) is 18.6 Å². The Hall–Kier alpha value is -2.45. The van der Waals surface area contributed by atoms with Crippen molar-refractivity contribution < 1.29 is 9.84 Å². The molecular weight excluding hydrogens is 324 g/mol. The molecule has 3 rings (SSSR count). The first kappa shape index (κ1) is 17.4. The van der Waals surface area contributed by atoms with Gasteiger partial charge in [0.1, 0.15) is 0 Å². The maximum Gasteiger partial charge on any atom is 0.355 e. The number of benzene rings is 1. The van der Waals surface area contributed by atoms with Crippen molar-refractivity contribution in [3.05, 3.63) is 56.4 Å². The molecule has 0 unspecified atom stereocenters. The molecule has 0 amide bonds. The molecule has 8 nitrogen and oxygen atoms in total. The predicted octanol–water partition coefficient (Wildman–Crippen LogP) is 0.737. The Morgan fingerprint density at radius 1 is 1.40 bits per heavy atom. The van der Waals surface area contributed by atoms with Crippen LogP contribution in [0.15, 0.2) is 33.9 Å². The summed E-state index contributed by atoms with van der Waals surface area (Å²) >= 11 is 0. The molecule has 1 fully saturated rings. The number of hydrogen-bond acceptors (Lipinski definition) is 6. The van der Waals surface area contributed by atoms with Crippen LogP contribution in [0.3, 0.4) is 0 Å². The number of nitrogens with zero attached hydrogens (tertiary/aromatic N) is 2. The number of H-pyrrole nitrogens is 1. The molecule has 0 radical (unpaired) electrons. The van der Waals surface area contributed by atoms with E-state index >= 15 is 0 Å². The number of aromatic nitrogens is 3. The van der Waals surface area contributed by atoms with Crippen LogP contribution in [0.2, 0.25) is 0 Å². The highest BCUT2D eigenvalue weighted by Gasteiger charge is 2.21. The van der Waals surface area contributed by atoms with Crippen molar-refractivity contribution in [3.63, 3.8) is 0 Å². The molecule has 134 valence electrons. The molecule has 3 N–H and O–H groups in total. The number of aliphatic hydroxyl groups excluding tert-OH is 1.